The topological polar surface area (TPSA) is 26.3 Å². The molecule has 0 aliphatic rings. The number of hydrogen-bond donors (Lipinski definition) is 0. The first-order chi connectivity index (χ1) is 13.7. The molecule has 0 unspecified atom stereocenters. The zero-order valence-electron chi connectivity index (χ0n) is 15.7. The molecule has 0 aliphatic heterocycles. The third-order valence-corrected chi connectivity index (χ3v) is 5.73. The van der Waals surface area contributed by atoms with Crippen LogP contribution < -0.4 is 0 Å². The third-order valence-electron chi connectivity index (χ3n) is 5.73. The molecule has 2 heterocycles. The standard InChI is InChI=1S/C26H18O2/c1-15-7-3-9-17-19-11-5-13-21(25(19)27-23(15)17)22-14-6-12-20-18-10-4-8-16(2)24(18)28-26(20)22/h3-14H,1-2H3. The van der Waals surface area contributed by atoms with Crippen LogP contribution >= 0.6 is 0 Å². The summed E-state index contributed by atoms with van der Waals surface area (Å²) >= 11 is 0. The van der Waals surface area contributed by atoms with Gasteiger partial charge in [0.1, 0.15) is 22.3 Å². The molecular weight excluding hydrogens is 344 g/mol. The van der Waals surface area contributed by atoms with Crippen LogP contribution in [-0.2, 0) is 0 Å². The fraction of sp³-hybridized carbons (Fsp3) is 0.0769. The molecule has 4 aromatic carbocycles. The molecule has 28 heavy (non-hydrogen) atoms. The highest BCUT2D eigenvalue weighted by molar-refractivity contribution is 6.15. The van der Waals surface area contributed by atoms with Gasteiger partial charge in [0, 0.05) is 32.7 Å². The van der Waals surface area contributed by atoms with E-state index in [0.717, 1.165) is 66.1 Å². The Balaban J connectivity index is 1.76. The smallest absolute Gasteiger partial charge is 0.143 e. The van der Waals surface area contributed by atoms with E-state index in [2.05, 4.69) is 86.6 Å². The van der Waals surface area contributed by atoms with E-state index in [1.54, 1.807) is 0 Å². The fourth-order valence-electron chi connectivity index (χ4n) is 4.35. The van der Waals surface area contributed by atoms with Crippen molar-refractivity contribution in [2.45, 2.75) is 13.8 Å². The number of hydrogen-bond acceptors (Lipinski definition) is 2. The number of furan rings is 2. The quantitative estimate of drug-likeness (QED) is 0.299. The SMILES string of the molecule is Cc1cccc2c1oc1c(-c3cccc4c3oc3c(C)cccc34)cccc12. The molecule has 0 bridgehead atoms. The van der Waals surface area contributed by atoms with Crippen molar-refractivity contribution in [3.63, 3.8) is 0 Å². The number of para-hydroxylation sites is 4. The summed E-state index contributed by atoms with van der Waals surface area (Å²) in [4.78, 5) is 0. The van der Waals surface area contributed by atoms with Gasteiger partial charge in [0.2, 0.25) is 0 Å². The molecule has 2 aromatic heterocycles. The van der Waals surface area contributed by atoms with Crippen LogP contribution in [-0.4, -0.2) is 0 Å². The third kappa shape index (κ3) is 1.97. The molecule has 0 radical (unpaired) electrons. The molecule has 0 aliphatic carbocycles. The van der Waals surface area contributed by atoms with E-state index in [1.165, 1.54) is 0 Å². The van der Waals surface area contributed by atoms with Crippen molar-refractivity contribution in [3.8, 4) is 11.1 Å². The Morgan fingerprint density at radius 1 is 0.429 bits per heavy atom. The van der Waals surface area contributed by atoms with Crippen LogP contribution in [0.5, 0.6) is 0 Å². The minimum atomic E-state index is 0.913. The zero-order valence-corrected chi connectivity index (χ0v) is 15.7. The molecule has 0 fully saturated rings. The van der Waals surface area contributed by atoms with Crippen LogP contribution in [0.2, 0.25) is 0 Å². The van der Waals surface area contributed by atoms with Crippen molar-refractivity contribution < 1.29 is 8.83 Å². The molecule has 134 valence electrons. The second kappa shape index (κ2) is 5.49. The second-order valence-corrected chi connectivity index (χ2v) is 7.47. The molecule has 6 aromatic rings. The van der Waals surface area contributed by atoms with E-state index in [1.807, 2.05) is 0 Å². The van der Waals surface area contributed by atoms with E-state index < -0.39 is 0 Å². The molecule has 2 nitrogen and oxygen atoms in total. The lowest BCUT2D eigenvalue weighted by Crippen LogP contribution is -1.80. The first-order valence-corrected chi connectivity index (χ1v) is 9.54. The van der Waals surface area contributed by atoms with Gasteiger partial charge < -0.3 is 8.83 Å². The van der Waals surface area contributed by atoms with Crippen molar-refractivity contribution >= 4 is 43.9 Å². The van der Waals surface area contributed by atoms with Gasteiger partial charge in [-0.25, -0.2) is 0 Å². The Labute approximate surface area is 162 Å². The molecule has 0 saturated carbocycles. The van der Waals surface area contributed by atoms with Crippen molar-refractivity contribution in [2.24, 2.45) is 0 Å². The summed E-state index contributed by atoms with van der Waals surface area (Å²) < 4.78 is 12.7. The normalized spacial score (nSPS) is 11.9. The molecule has 0 atom stereocenters. The maximum atomic E-state index is 6.37. The van der Waals surface area contributed by atoms with Gasteiger partial charge in [0.25, 0.3) is 0 Å². The van der Waals surface area contributed by atoms with Gasteiger partial charge in [0.05, 0.1) is 0 Å². The first-order valence-electron chi connectivity index (χ1n) is 9.54. The van der Waals surface area contributed by atoms with Gasteiger partial charge in [-0.15, -0.1) is 0 Å². The average Bonchev–Trinajstić information content (AvgIpc) is 3.28. The molecule has 0 spiro atoms. The van der Waals surface area contributed by atoms with Gasteiger partial charge in [-0.2, -0.15) is 0 Å². The largest absolute Gasteiger partial charge is 0.455 e. The minimum absolute atomic E-state index is 0.913. The number of benzene rings is 4. The van der Waals surface area contributed by atoms with Crippen molar-refractivity contribution in [2.75, 3.05) is 0 Å². The van der Waals surface area contributed by atoms with Gasteiger partial charge in [-0.3, -0.25) is 0 Å². The summed E-state index contributed by atoms with van der Waals surface area (Å²) in [5, 5.41) is 4.59. The lowest BCUT2D eigenvalue weighted by Gasteiger charge is -2.03. The second-order valence-electron chi connectivity index (χ2n) is 7.47. The van der Waals surface area contributed by atoms with Crippen LogP contribution in [0.25, 0.3) is 55.0 Å². The Morgan fingerprint density at radius 3 is 1.21 bits per heavy atom. The van der Waals surface area contributed by atoms with Crippen LogP contribution in [0.1, 0.15) is 11.1 Å². The van der Waals surface area contributed by atoms with Gasteiger partial charge in [-0.05, 0) is 25.0 Å². The minimum Gasteiger partial charge on any atom is -0.455 e. The molecule has 0 N–H and O–H groups in total. The summed E-state index contributed by atoms with van der Waals surface area (Å²) in [6, 6.07) is 25.3. The fourth-order valence-corrected chi connectivity index (χ4v) is 4.35. The van der Waals surface area contributed by atoms with E-state index in [0.29, 0.717) is 0 Å². The average molecular weight is 362 g/mol. The van der Waals surface area contributed by atoms with Crippen molar-refractivity contribution in [3.05, 3.63) is 83.9 Å². The molecule has 0 saturated heterocycles. The van der Waals surface area contributed by atoms with E-state index >= 15 is 0 Å². The Morgan fingerprint density at radius 2 is 0.786 bits per heavy atom. The predicted octanol–water partition coefficient (Wildman–Crippen LogP) is 7.77. The molecule has 0 amide bonds. The Bertz CT molecular complexity index is 1410. The summed E-state index contributed by atoms with van der Waals surface area (Å²) in [6.07, 6.45) is 0. The monoisotopic (exact) mass is 362 g/mol. The van der Waals surface area contributed by atoms with E-state index in [4.69, 9.17) is 8.83 Å². The maximum absolute atomic E-state index is 6.37. The van der Waals surface area contributed by atoms with E-state index in [-0.39, 0.29) is 0 Å². The Kier molecular flexibility index (Phi) is 3.05. The molecule has 2 heteroatoms. The van der Waals surface area contributed by atoms with Crippen LogP contribution in [0.15, 0.2) is 81.6 Å². The van der Waals surface area contributed by atoms with Crippen LogP contribution in [0.3, 0.4) is 0 Å². The van der Waals surface area contributed by atoms with Crippen molar-refractivity contribution in [1.29, 1.82) is 0 Å². The van der Waals surface area contributed by atoms with E-state index in [9.17, 15) is 0 Å². The predicted molar refractivity (Wildman–Crippen MR) is 116 cm³/mol. The van der Waals surface area contributed by atoms with Crippen LogP contribution in [0, 0.1) is 13.8 Å². The summed E-state index contributed by atoms with van der Waals surface area (Å²) in [5.41, 5.74) is 8.17. The highest BCUT2D eigenvalue weighted by atomic mass is 16.3. The maximum Gasteiger partial charge on any atom is 0.143 e. The summed E-state index contributed by atoms with van der Waals surface area (Å²) in [5.74, 6) is 0. The number of aryl methyl sites for hydroxylation is 2. The summed E-state index contributed by atoms with van der Waals surface area (Å²) in [7, 11) is 0. The lowest BCUT2D eigenvalue weighted by atomic mass is 9.99. The van der Waals surface area contributed by atoms with Crippen LogP contribution in [0.4, 0.5) is 0 Å². The summed E-state index contributed by atoms with van der Waals surface area (Å²) in [6.45, 7) is 4.18. The highest BCUT2D eigenvalue weighted by Gasteiger charge is 2.18. The zero-order chi connectivity index (χ0) is 18.8. The van der Waals surface area contributed by atoms with Gasteiger partial charge in [-0.1, -0.05) is 72.8 Å². The number of rotatable bonds is 1. The molecule has 6 rings (SSSR count). The first kappa shape index (κ1) is 15.5. The Hall–Kier alpha value is -3.52. The van der Waals surface area contributed by atoms with Crippen molar-refractivity contribution in [1.82, 2.24) is 0 Å². The highest BCUT2D eigenvalue weighted by Crippen LogP contribution is 2.41. The lowest BCUT2D eigenvalue weighted by molar-refractivity contribution is 0.662. The van der Waals surface area contributed by atoms with Gasteiger partial charge in [0.15, 0.2) is 0 Å². The number of fused-ring (bicyclic) bond motifs is 6. The van der Waals surface area contributed by atoms with Gasteiger partial charge >= 0.3 is 0 Å². The molecular formula is C26H18O2.